The molecule has 0 radical (unpaired) electrons. The summed E-state index contributed by atoms with van der Waals surface area (Å²) in [5.41, 5.74) is 0.597. The molecule has 1 amide bonds. The van der Waals surface area contributed by atoms with E-state index < -0.39 is 0 Å². The average molecular weight is 303 g/mol. The Bertz CT molecular complexity index is 617. The van der Waals surface area contributed by atoms with Crippen molar-refractivity contribution in [2.45, 2.75) is 13.0 Å². The molecule has 0 heterocycles. The predicted octanol–water partition coefficient (Wildman–Crippen LogP) is 2.92. The molecule has 0 spiro atoms. The predicted molar refractivity (Wildman–Crippen MR) is 81.4 cm³/mol. The zero-order valence-corrected chi connectivity index (χ0v) is 12.3. The maximum atomic E-state index is 13.2. The number of amides is 1. The molecular weight excluding hydrogens is 285 g/mol. The highest BCUT2D eigenvalue weighted by Crippen LogP contribution is 2.18. The van der Waals surface area contributed by atoms with Gasteiger partial charge in [0.05, 0.1) is 20.1 Å². The zero-order chi connectivity index (χ0) is 15.8. The summed E-state index contributed by atoms with van der Waals surface area (Å²) in [4.78, 5) is 11.8. The molecule has 0 atom stereocenters. The van der Waals surface area contributed by atoms with Crippen molar-refractivity contribution in [1.29, 1.82) is 0 Å². The van der Waals surface area contributed by atoms with Gasteiger partial charge in [0.25, 0.3) is 0 Å². The Morgan fingerprint density at radius 3 is 2.68 bits per heavy atom. The monoisotopic (exact) mass is 303 g/mol. The van der Waals surface area contributed by atoms with Gasteiger partial charge >= 0.3 is 0 Å². The normalized spacial score (nSPS) is 10.1. The summed E-state index contributed by atoms with van der Waals surface area (Å²) in [6.45, 7) is 0.501. The molecule has 22 heavy (non-hydrogen) atoms. The molecule has 0 aliphatic heterocycles. The lowest BCUT2D eigenvalue weighted by molar-refractivity contribution is -0.121. The topological polar surface area (TPSA) is 47.6 Å². The first kappa shape index (κ1) is 15.8. The molecule has 2 rings (SSSR count). The van der Waals surface area contributed by atoms with Gasteiger partial charge in [0, 0.05) is 12.1 Å². The second-order valence-corrected chi connectivity index (χ2v) is 4.64. The largest absolute Gasteiger partial charge is 0.496 e. The third-order valence-electron chi connectivity index (χ3n) is 3.06. The van der Waals surface area contributed by atoms with Crippen molar-refractivity contribution in [1.82, 2.24) is 5.32 Å². The van der Waals surface area contributed by atoms with Gasteiger partial charge in [-0.1, -0.05) is 18.2 Å². The standard InChI is InChI=1S/C17H18FNO3/c1-21-16-8-7-14(18)11-13(16)12-19-17(20)9-10-22-15-5-3-2-4-6-15/h2-8,11H,9-10,12H2,1H3,(H,19,20). The fourth-order valence-corrected chi connectivity index (χ4v) is 1.95. The molecule has 116 valence electrons. The van der Waals surface area contributed by atoms with E-state index in [9.17, 15) is 9.18 Å². The Morgan fingerprint density at radius 1 is 1.18 bits per heavy atom. The lowest BCUT2D eigenvalue weighted by Gasteiger charge is -2.10. The molecule has 0 fully saturated rings. The lowest BCUT2D eigenvalue weighted by Crippen LogP contribution is -2.24. The van der Waals surface area contributed by atoms with Gasteiger partial charge < -0.3 is 14.8 Å². The molecule has 4 nitrogen and oxygen atoms in total. The van der Waals surface area contributed by atoms with Gasteiger partial charge in [0.2, 0.25) is 5.91 Å². The fourth-order valence-electron chi connectivity index (χ4n) is 1.95. The number of methoxy groups -OCH3 is 1. The second kappa shape index (κ2) is 8.02. The van der Waals surface area contributed by atoms with Gasteiger partial charge in [-0.05, 0) is 30.3 Å². The van der Waals surface area contributed by atoms with E-state index in [-0.39, 0.29) is 31.3 Å². The molecular formula is C17H18FNO3. The summed E-state index contributed by atoms with van der Waals surface area (Å²) < 4.78 is 23.8. The van der Waals surface area contributed by atoms with Crippen LogP contribution in [0.3, 0.4) is 0 Å². The zero-order valence-electron chi connectivity index (χ0n) is 12.3. The fraction of sp³-hybridized carbons (Fsp3) is 0.235. The van der Waals surface area contributed by atoms with Crippen LogP contribution in [0.25, 0.3) is 0 Å². The molecule has 1 N–H and O–H groups in total. The van der Waals surface area contributed by atoms with E-state index in [0.717, 1.165) is 5.75 Å². The van der Waals surface area contributed by atoms with Crippen LogP contribution in [-0.4, -0.2) is 19.6 Å². The third kappa shape index (κ3) is 4.77. The van der Waals surface area contributed by atoms with E-state index in [1.54, 1.807) is 0 Å². The Kier molecular flexibility index (Phi) is 5.77. The van der Waals surface area contributed by atoms with E-state index in [0.29, 0.717) is 11.3 Å². The van der Waals surface area contributed by atoms with Crippen molar-refractivity contribution in [3.63, 3.8) is 0 Å². The van der Waals surface area contributed by atoms with E-state index in [4.69, 9.17) is 9.47 Å². The van der Waals surface area contributed by atoms with Gasteiger partial charge in [-0.25, -0.2) is 4.39 Å². The van der Waals surface area contributed by atoms with Gasteiger partial charge in [-0.2, -0.15) is 0 Å². The number of carbonyl (C=O) groups excluding carboxylic acids is 1. The molecule has 0 aliphatic carbocycles. The number of hydrogen-bond acceptors (Lipinski definition) is 3. The Balaban J connectivity index is 1.77. The van der Waals surface area contributed by atoms with Crippen LogP contribution < -0.4 is 14.8 Å². The minimum atomic E-state index is -0.363. The van der Waals surface area contributed by atoms with Crippen molar-refractivity contribution in [2.75, 3.05) is 13.7 Å². The molecule has 0 unspecified atom stereocenters. The lowest BCUT2D eigenvalue weighted by atomic mass is 10.2. The first-order valence-corrected chi connectivity index (χ1v) is 6.96. The number of ether oxygens (including phenoxy) is 2. The Hall–Kier alpha value is -2.56. The quantitative estimate of drug-likeness (QED) is 0.855. The van der Waals surface area contributed by atoms with E-state index in [1.165, 1.54) is 25.3 Å². The summed E-state index contributed by atoms with van der Waals surface area (Å²) >= 11 is 0. The molecule has 0 aliphatic rings. The SMILES string of the molecule is COc1ccc(F)cc1CNC(=O)CCOc1ccccc1. The molecule has 0 aromatic heterocycles. The van der Waals surface area contributed by atoms with E-state index in [2.05, 4.69) is 5.32 Å². The molecule has 0 saturated carbocycles. The Morgan fingerprint density at radius 2 is 1.95 bits per heavy atom. The Labute approximate surface area is 128 Å². The number of para-hydroxylation sites is 1. The van der Waals surface area contributed by atoms with Crippen LogP contribution >= 0.6 is 0 Å². The third-order valence-corrected chi connectivity index (χ3v) is 3.06. The van der Waals surface area contributed by atoms with Crippen molar-refractivity contribution in [3.8, 4) is 11.5 Å². The number of rotatable bonds is 7. The number of nitrogens with one attached hydrogen (secondary N) is 1. The van der Waals surface area contributed by atoms with Crippen molar-refractivity contribution < 1.29 is 18.7 Å². The van der Waals surface area contributed by atoms with Crippen LogP contribution in [0.4, 0.5) is 4.39 Å². The van der Waals surface area contributed by atoms with Crippen LogP contribution in [0.1, 0.15) is 12.0 Å². The summed E-state index contributed by atoms with van der Waals surface area (Å²) in [6.07, 6.45) is 0.229. The molecule has 0 saturated heterocycles. The maximum Gasteiger partial charge on any atom is 0.223 e. The highest BCUT2D eigenvalue weighted by Gasteiger charge is 2.07. The number of benzene rings is 2. The summed E-state index contributed by atoms with van der Waals surface area (Å²) in [5, 5.41) is 2.72. The highest BCUT2D eigenvalue weighted by atomic mass is 19.1. The number of halogens is 1. The molecule has 2 aromatic rings. The minimum absolute atomic E-state index is 0.165. The smallest absolute Gasteiger partial charge is 0.223 e. The van der Waals surface area contributed by atoms with Crippen LogP contribution in [0.5, 0.6) is 11.5 Å². The van der Waals surface area contributed by atoms with Gasteiger partial charge in [-0.15, -0.1) is 0 Å². The molecule has 5 heteroatoms. The number of hydrogen-bond donors (Lipinski definition) is 1. The van der Waals surface area contributed by atoms with Gasteiger partial charge in [0.1, 0.15) is 17.3 Å². The van der Waals surface area contributed by atoms with Gasteiger partial charge in [-0.3, -0.25) is 4.79 Å². The van der Waals surface area contributed by atoms with Gasteiger partial charge in [0.15, 0.2) is 0 Å². The van der Waals surface area contributed by atoms with Crippen LogP contribution in [-0.2, 0) is 11.3 Å². The first-order valence-electron chi connectivity index (χ1n) is 6.96. The van der Waals surface area contributed by atoms with E-state index >= 15 is 0 Å². The van der Waals surface area contributed by atoms with Crippen molar-refractivity contribution in [3.05, 3.63) is 59.9 Å². The first-order chi connectivity index (χ1) is 10.7. The van der Waals surface area contributed by atoms with Crippen LogP contribution in [0.2, 0.25) is 0 Å². The molecule has 2 aromatic carbocycles. The highest BCUT2D eigenvalue weighted by molar-refractivity contribution is 5.76. The maximum absolute atomic E-state index is 13.2. The summed E-state index contributed by atoms with van der Waals surface area (Å²) in [6, 6.07) is 13.5. The summed E-state index contributed by atoms with van der Waals surface area (Å²) in [5.74, 6) is 0.740. The average Bonchev–Trinajstić information content (AvgIpc) is 2.54. The minimum Gasteiger partial charge on any atom is -0.496 e. The van der Waals surface area contributed by atoms with E-state index in [1.807, 2.05) is 30.3 Å². The number of carbonyl (C=O) groups is 1. The van der Waals surface area contributed by atoms with Crippen molar-refractivity contribution >= 4 is 5.91 Å². The van der Waals surface area contributed by atoms with Crippen molar-refractivity contribution in [2.24, 2.45) is 0 Å². The van der Waals surface area contributed by atoms with Crippen LogP contribution in [0.15, 0.2) is 48.5 Å². The summed E-state index contributed by atoms with van der Waals surface area (Å²) in [7, 11) is 1.51. The van der Waals surface area contributed by atoms with Crippen LogP contribution in [0, 0.1) is 5.82 Å². The second-order valence-electron chi connectivity index (χ2n) is 4.64. The molecule has 0 bridgehead atoms.